The van der Waals surface area contributed by atoms with Crippen LogP contribution in [0.25, 0.3) is 11.1 Å². The molecule has 0 unspecified atom stereocenters. The Morgan fingerprint density at radius 3 is 3.03 bits per heavy atom. The summed E-state index contributed by atoms with van der Waals surface area (Å²) in [6.07, 6.45) is 5.04. The van der Waals surface area contributed by atoms with Crippen molar-refractivity contribution in [1.82, 2.24) is 14.8 Å². The molecule has 10 nitrogen and oxygen atoms in total. The fraction of sp³-hybridized carbons (Fsp3) is 0.318. The maximum atomic E-state index is 13.4. The number of methoxy groups -OCH3 is 1. The number of rotatable bonds is 4. The number of pyridine rings is 1. The Morgan fingerprint density at radius 1 is 1.36 bits per heavy atom. The van der Waals surface area contributed by atoms with E-state index in [1.54, 1.807) is 24.1 Å². The number of urea groups is 1. The molecule has 1 N–H and O–H groups in total. The zero-order valence-corrected chi connectivity index (χ0v) is 19.2. The van der Waals surface area contributed by atoms with Gasteiger partial charge in [-0.15, -0.1) is 4.36 Å². The summed E-state index contributed by atoms with van der Waals surface area (Å²) in [7, 11) is -1.55. The Morgan fingerprint density at radius 2 is 2.21 bits per heavy atom. The minimum absolute atomic E-state index is 0.0803. The van der Waals surface area contributed by atoms with Crippen LogP contribution in [0.1, 0.15) is 12.5 Å². The normalized spacial score (nSPS) is 17.8. The number of amides is 2. The van der Waals surface area contributed by atoms with Gasteiger partial charge in [0.15, 0.2) is 0 Å². The summed E-state index contributed by atoms with van der Waals surface area (Å²) in [6.45, 7) is 2.97. The van der Waals surface area contributed by atoms with Gasteiger partial charge in [0.2, 0.25) is 11.8 Å². The second-order valence-corrected chi connectivity index (χ2v) is 10.1. The Kier molecular flexibility index (Phi) is 5.20. The molecule has 5 rings (SSSR count). The molecule has 0 radical (unpaired) electrons. The number of anilines is 1. The van der Waals surface area contributed by atoms with Crippen LogP contribution in [0.2, 0.25) is 0 Å². The van der Waals surface area contributed by atoms with Crippen molar-refractivity contribution in [3.63, 3.8) is 0 Å². The van der Waals surface area contributed by atoms with Gasteiger partial charge in [0.05, 0.1) is 41.9 Å². The lowest BCUT2D eigenvalue weighted by Crippen LogP contribution is -2.13. The van der Waals surface area contributed by atoms with Gasteiger partial charge in [-0.05, 0) is 30.7 Å². The molecular formula is C22H23N5O5S. The smallest absolute Gasteiger partial charge is 0.353 e. The van der Waals surface area contributed by atoms with Crippen LogP contribution in [0.5, 0.6) is 17.5 Å². The van der Waals surface area contributed by atoms with Crippen LogP contribution in [0, 0.1) is 0 Å². The lowest BCUT2D eigenvalue weighted by Gasteiger charge is -2.15. The van der Waals surface area contributed by atoms with Crippen molar-refractivity contribution < 1.29 is 23.2 Å². The Hall–Kier alpha value is -3.60. The van der Waals surface area contributed by atoms with Gasteiger partial charge in [-0.25, -0.2) is 18.7 Å². The molecule has 0 bridgehead atoms. The minimum Gasteiger partial charge on any atom is -0.493 e. The van der Waals surface area contributed by atoms with E-state index in [-0.39, 0.29) is 6.10 Å². The van der Waals surface area contributed by atoms with Crippen molar-refractivity contribution in [3.8, 4) is 28.6 Å². The fourth-order valence-corrected chi connectivity index (χ4v) is 5.20. The fourth-order valence-electron chi connectivity index (χ4n) is 4.02. The Balaban J connectivity index is 1.52. The predicted octanol–water partition coefficient (Wildman–Crippen LogP) is 3.36. The van der Waals surface area contributed by atoms with Gasteiger partial charge in [0.25, 0.3) is 0 Å². The molecule has 0 spiro atoms. The maximum Gasteiger partial charge on any atom is 0.353 e. The summed E-state index contributed by atoms with van der Waals surface area (Å²) in [5.74, 6) is 1.54. The van der Waals surface area contributed by atoms with Crippen LogP contribution in [0.15, 0.2) is 45.9 Å². The quantitative estimate of drug-likeness (QED) is 0.623. The average molecular weight is 470 g/mol. The first-order chi connectivity index (χ1) is 15.9. The molecule has 0 saturated heterocycles. The highest BCUT2D eigenvalue weighted by Gasteiger charge is 2.28. The number of fused-ring (bicyclic) bond motifs is 2. The summed E-state index contributed by atoms with van der Waals surface area (Å²) in [5, 5.41) is 7.06. The number of carbonyl (C=O) groups is 1. The van der Waals surface area contributed by atoms with E-state index in [2.05, 4.69) is 19.8 Å². The predicted molar refractivity (Wildman–Crippen MR) is 122 cm³/mol. The highest BCUT2D eigenvalue weighted by atomic mass is 32.2. The number of nitrogens with one attached hydrogen (secondary N) is 1. The summed E-state index contributed by atoms with van der Waals surface area (Å²) in [5.41, 5.74) is 2.99. The Labute approximate surface area is 191 Å². The van der Waals surface area contributed by atoms with Gasteiger partial charge < -0.3 is 19.5 Å². The molecule has 2 aromatic heterocycles. The van der Waals surface area contributed by atoms with E-state index >= 15 is 0 Å². The largest absolute Gasteiger partial charge is 0.493 e. The van der Waals surface area contributed by atoms with Crippen molar-refractivity contribution in [2.24, 2.45) is 4.36 Å². The molecule has 1 aromatic carbocycles. The van der Waals surface area contributed by atoms with Crippen molar-refractivity contribution in [3.05, 3.63) is 42.2 Å². The van der Waals surface area contributed by atoms with Gasteiger partial charge in [0.1, 0.15) is 16.7 Å². The number of hydrogen-bond donors (Lipinski definition) is 1. The molecule has 2 aliphatic rings. The van der Waals surface area contributed by atoms with Crippen LogP contribution >= 0.6 is 0 Å². The number of nitrogens with zero attached hydrogens (tertiary/aromatic N) is 4. The standard InChI is InChI=1S/C22H23N5O5S/c1-13-12-27-21(32-13)18(11-24-27)33(3,29)26-22(28)25-20-15(4-5-17-16(20)7-9-31-17)14-6-8-23-19(10-14)30-2/h4-6,8,10-11,13H,7,9,12H2,1-3H3,(H,25,28)/t13-,33+/m0/s1. The number of carbonyl (C=O) groups excluding carboxylic acids is 1. The van der Waals surface area contributed by atoms with Crippen LogP contribution in [-0.4, -0.2) is 51.1 Å². The molecule has 0 aliphatic carbocycles. The summed E-state index contributed by atoms with van der Waals surface area (Å²) < 4.78 is 35.7. The van der Waals surface area contributed by atoms with Crippen molar-refractivity contribution >= 4 is 21.4 Å². The van der Waals surface area contributed by atoms with E-state index in [1.165, 1.54) is 12.5 Å². The first-order valence-electron chi connectivity index (χ1n) is 10.4. The zero-order chi connectivity index (χ0) is 23.2. The lowest BCUT2D eigenvalue weighted by molar-refractivity contribution is 0.248. The molecule has 3 aromatic rings. The molecule has 0 fully saturated rings. The van der Waals surface area contributed by atoms with E-state index in [1.807, 2.05) is 25.1 Å². The van der Waals surface area contributed by atoms with E-state index in [4.69, 9.17) is 14.2 Å². The molecule has 2 aliphatic heterocycles. The first kappa shape index (κ1) is 21.3. The van der Waals surface area contributed by atoms with Gasteiger partial charge in [-0.2, -0.15) is 5.10 Å². The van der Waals surface area contributed by atoms with E-state index in [0.29, 0.717) is 47.7 Å². The van der Waals surface area contributed by atoms with Crippen molar-refractivity contribution in [2.45, 2.75) is 30.9 Å². The average Bonchev–Trinajstić information content (AvgIpc) is 3.49. The molecular weight excluding hydrogens is 446 g/mol. The SMILES string of the molecule is COc1cc(-c2ccc3c(c2NC(=O)N=[S@](C)(=O)c2cnn4c2O[C@@H](C)C4)CCO3)ccn1. The number of benzene rings is 1. The third-order valence-electron chi connectivity index (χ3n) is 5.53. The Bertz CT molecular complexity index is 1380. The third-order valence-corrected chi connectivity index (χ3v) is 7.14. The summed E-state index contributed by atoms with van der Waals surface area (Å²) in [6, 6.07) is 6.61. The van der Waals surface area contributed by atoms with Gasteiger partial charge in [-0.3, -0.25) is 0 Å². The van der Waals surface area contributed by atoms with Gasteiger partial charge in [0, 0.05) is 36.1 Å². The molecule has 11 heteroatoms. The second-order valence-electron chi connectivity index (χ2n) is 7.90. The van der Waals surface area contributed by atoms with E-state index in [9.17, 15) is 9.00 Å². The summed E-state index contributed by atoms with van der Waals surface area (Å²) in [4.78, 5) is 17.4. The van der Waals surface area contributed by atoms with Crippen LogP contribution in [0.3, 0.4) is 0 Å². The molecule has 2 amide bonds. The van der Waals surface area contributed by atoms with Crippen LogP contribution in [-0.2, 0) is 22.7 Å². The molecule has 2 atom stereocenters. The molecule has 4 heterocycles. The summed E-state index contributed by atoms with van der Waals surface area (Å²) >= 11 is 0. The number of hydrogen-bond acceptors (Lipinski definition) is 7. The van der Waals surface area contributed by atoms with Gasteiger partial charge >= 0.3 is 6.03 Å². The van der Waals surface area contributed by atoms with Crippen LogP contribution < -0.4 is 19.5 Å². The minimum atomic E-state index is -3.09. The van der Waals surface area contributed by atoms with E-state index in [0.717, 1.165) is 16.7 Å². The van der Waals surface area contributed by atoms with E-state index < -0.39 is 15.8 Å². The first-order valence-corrected chi connectivity index (χ1v) is 12.3. The zero-order valence-electron chi connectivity index (χ0n) is 18.4. The number of ether oxygens (including phenoxy) is 3. The highest BCUT2D eigenvalue weighted by molar-refractivity contribution is 7.93. The molecule has 33 heavy (non-hydrogen) atoms. The molecule has 0 saturated carbocycles. The monoisotopic (exact) mass is 469 g/mol. The van der Waals surface area contributed by atoms with Crippen LogP contribution in [0.4, 0.5) is 10.5 Å². The maximum absolute atomic E-state index is 13.4. The van der Waals surface area contributed by atoms with Crippen molar-refractivity contribution in [1.29, 1.82) is 0 Å². The number of aromatic nitrogens is 3. The molecule has 172 valence electrons. The second kappa shape index (κ2) is 8.07. The highest BCUT2D eigenvalue weighted by Crippen LogP contribution is 2.40. The van der Waals surface area contributed by atoms with Gasteiger partial charge in [-0.1, -0.05) is 0 Å². The topological polar surface area (TPSA) is 117 Å². The third kappa shape index (κ3) is 3.88. The van der Waals surface area contributed by atoms with Crippen molar-refractivity contribution in [2.75, 3.05) is 25.3 Å². The lowest BCUT2D eigenvalue weighted by atomic mass is 9.99.